The van der Waals surface area contributed by atoms with E-state index < -0.39 is 0 Å². The molecule has 0 aromatic heterocycles. The smallest absolute Gasteiger partial charge is 0.127 e. The molecule has 0 saturated carbocycles. The molecule has 14 heavy (non-hydrogen) atoms. The lowest BCUT2D eigenvalue weighted by Crippen LogP contribution is -2.04. The number of hydrogen-bond acceptors (Lipinski definition) is 0. The van der Waals surface area contributed by atoms with Gasteiger partial charge in [-0.3, -0.25) is 0 Å². The van der Waals surface area contributed by atoms with Gasteiger partial charge in [-0.2, -0.15) is 0 Å². The lowest BCUT2D eigenvalue weighted by atomic mass is 9.89. The topological polar surface area (TPSA) is 0 Å². The third kappa shape index (κ3) is 1.45. The van der Waals surface area contributed by atoms with E-state index in [1.807, 2.05) is 6.92 Å². The number of fused-ring (bicyclic) bond motifs is 1. The molecule has 0 fully saturated rings. The average molecular weight is 192 g/mol. The van der Waals surface area contributed by atoms with Gasteiger partial charge in [-0.15, -0.1) is 0 Å². The van der Waals surface area contributed by atoms with Crippen LogP contribution in [0.1, 0.15) is 42.9 Å². The molecule has 0 bridgehead atoms. The molecule has 1 unspecified atom stereocenters. The SMILES string of the molecule is Cc1cc(F)c2c(c1)CCC2C(C)C. The van der Waals surface area contributed by atoms with Gasteiger partial charge in [0.05, 0.1) is 0 Å². The summed E-state index contributed by atoms with van der Waals surface area (Å²) in [6, 6.07) is 3.81. The van der Waals surface area contributed by atoms with E-state index in [-0.39, 0.29) is 5.82 Å². The Labute approximate surface area is 85.1 Å². The maximum absolute atomic E-state index is 13.8. The summed E-state index contributed by atoms with van der Waals surface area (Å²) in [4.78, 5) is 0. The van der Waals surface area contributed by atoms with E-state index in [1.165, 1.54) is 5.56 Å². The normalized spacial score (nSPS) is 20.2. The van der Waals surface area contributed by atoms with Crippen LogP contribution >= 0.6 is 0 Å². The third-order valence-electron chi connectivity index (χ3n) is 3.26. The van der Waals surface area contributed by atoms with Gasteiger partial charge in [0.25, 0.3) is 0 Å². The van der Waals surface area contributed by atoms with Gasteiger partial charge in [-0.1, -0.05) is 19.9 Å². The molecule has 0 radical (unpaired) electrons. The second-order valence-corrected chi connectivity index (χ2v) is 4.71. The summed E-state index contributed by atoms with van der Waals surface area (Å²) in [5.41, 5.74) is 3.28. The Balaban J connectivity index is 2.49. The van der Waals surface area contributed by atoms with E-state index in [0.717, 1.165) is 24.0 Å². The van der Waals surface area contributed by atoms with Crippen molar-refractivity contribution in [1.82, 2.24) is 0 Å². The van der Waals surface area contributed by atoms with Gasteiger partial charge in [0.15, 0.2) is 0 Å². The molecule has 1 atom stereocenters. The molecule has 0 aliphatic heterocycles. The Morgan fingerprint density at radius 1 is 1.36 bits per heavy atom. The van der Waals surface area contributed by atoms with Gasteiger partial charge in [0, 0.05) is 0 Å². The Morgan fingerprint density at radius 2 is 2.07 bits per heavy atom. The summed E-state index contributed by atoms with van der Waals surface area (Å²) < 4.78 is 13.8. The molecular weight excluding hydrogens is 175 g/mol. The molecule has 1 heteroatoms. The number of hydrogen-bond donors (Lipinski definition) is 0. The minimum Gasteiger partial charge on any atom is -0.207 e. The van der Waals surface area contributed by atoms with Crippen molar-refractivity contribution in [3.8, 4) is 0 Å². The van der Waals surface area contributed by atoms with Crippen LogP contribution in [0.3, 0.4) is 0 Å². The Hall–Kier alpha value is -0.850. The van der Waals surface area contributed by atoms with E-state index in [1.54, 1.807) is 6.07 Å². The highest BCUT2D eigenvalue weighted by Gasteiger charge is 2.28. The van der Waals surface area contributed by atoms with Crippen LogP contribution in [0.15, 0.2) is 12.1 Å². The second-order valence-electron chi connectivity index (χ2n) is 4.71. The largest absolute Gasteiger partial charge is 0.207 e. The van der Waals surface area contributed by atoms with Gasteiger partial charge in [0.2, 0.25) is 0 Å². The van der Waals surface area contributed by atoms with Crippen LogP contribution in [0.5, 0.6) is 0 Å². The molecule has 0 heterocycles. The first-order valence-corrected chi connectivity index (χ1v) is 5.38. The van der Waals surface area contributed by atoms with Gasteiger partial charge in [-0.25, -0.2) is 4.39 Å². The van der Waals surface area contributed by atoms with Crippen LogP contribution in [0.25, 0.3) is 0 Å². The first kappa shape index (κ1) is 9.70. The average Bonchev–Trinajstić information content (AvgIpc) is 2.47. The number of benzene rings is 1. The predicted octanol–water partition coefficient (Wildman–Crippen LogP) is 3.82. The van der Waals surface area contributed by atoms with Gasteiger partial charge >= 0.3 is 0 Å². The number of halogens is 1. The lowest BCUT2D eigenvalue weighted by molar-refractivity contribution is 0.475. The van der Waals surface area contributed by atoms with Crippen molar-refractivity contribution in [2.45, 2.75) is 39.5 Å². The zero-order chi connectivity index (χ0) is 10.3. The number of rotatable bonds is 1. The van der Waals surface area contributed by atoms with Crippen molar-refractivity contribution in [2.75, 3.05) is 0 Å². The molecule has 2 rings (SSSR count). The van der Waals surface area contributed by atoms with Crippen molar-refractivity contribution in [3.63, 3.8) is 0 Å². The monoisotopic (exact) mass is 192 g/mol. The first-order chi connectivity index (χ1) is 6.59. The van der Waals surface area contributed by atoms with Crippen molar-refractivity contribution in [1.29, 1.82) is 0 Å². The van der Waals surface area contributed by atoms with Gasteiger partial charge in [-0.05, 0) is 54.4 Å². The third-order valence-corrected chi connectivity index (χ3v) is 3.26. The summed E-state index contributed by atoms with van der Waals surface area (Å²) in [5.74, 6) is 0.996. The molecule has 76 valence electrons. The van der Waals surface area contributed by atoms with Crippen LogP contribution in [0, 0.1) is 18.7 Å². The van der Waals surface area contributed by atoms with E-state index in [4.69, 9.17) is 0 Å². The van der Waals surface area contributed by atoms with Crippen molar-refractivity contribution < 1.29 is 4.39 Å². The molecule has 1 aliphatic carbocycles. The van der Waals surface area contributed by atoms with Gasteiger partial charge < -0.3 is 0 Å². The molecular formula is C13H17F. The number of aryl methyl sites for hydroxylation is 2. The standard InChI is InChI=1S/C13H17F/c1-8(2)11-5-4-10-6-9(3)7-12(14)13(10)11/h6-8,11H,4-5H2,1-3H3. The van der Waals surface area contributed by atoms with Crippen molar-refractivity contribution >= 4 is 0 Å². The van der Waals surface area contributed by atoms with Crippen molar-refractivity contribution in [3.05, 3.63) is 34.6 Å². The minimum atomic E-state index is 0.0104. The van der Waals surface area contributed by atoms with Crippen molar-refractivity contribution in [2.24, 2.45) is 5.92 Å². The summed E-state index contributed by atoms with van der Waals surface area (Å²) in [7, 11) is 0. The zero-order valence-electron chi connectivity index (χ0n) is 9.10. The van der Waals surface area contributed by atoms with Crippen LogP contribution < -0.4 is 0 Å². The highest BCUT2D eigenvalue weighted by atomic mass is 19.1. The summed E-state index contributed by atoms with van der Waals surface area (Å²) in [6.07, 6.45) is 2.17. The Bertz CT molecular complexity index is 352. The molecule has 0 spiro atoms. The maximum atomic E-state index is 13.8. The maximum Gasteiger partial charge on any atom is 0.127 e. The van der Waals surface area contributed by atoms with E-state index >= 15 is 0 Å². The van der Waals surface area contributed by atoms with Gasteiger partial charge in [0.1, 0.15) is 5.82 Å². The molecule has 1 aromatic carbocycles. The van der Waals surface area contributed by atoms with E-state index in [0.29, 0.717) is 11.8 Å². The molecule has 0 amide bonds. The van der Waals surface area contributed by atoms with Crippen LogP contribution in [-0.2, 0) is 6.42 Å². The quantitative estimate of drug-likeness (QED) is 0.634. The highest BCUT2D eigenvalue weighted by Crippen LogP contribution is 2.40. The minimum absolute atomic E-state index is 0.0104. The lowest BCUT2D eigenvalue weighted by Gasteiger charge is -2.16. The summed E-state index contributed by atoms with van der Waals surface area (Å²) in [6.45, 7) is 6.32. The fraction of sp³-hybridized carbons (Fsp3) is 0.538. The van der Waals surface area contributed by atoms with Crippen LogP contribution in [0.2, 0.25) is 0 Å². The fourth-order valence-electron chi connectivity index (χ4n) is 2.57. The first-order valence-electron chi connectivity index (χ1n) is 5.38. The van der Waals surface area contributed by atoms with Crippen LogP contribution in [0.4, 0.5) is 4.39 Å². The molecule has 0 saturated heterocycles. The van der Waals surface area contributed by atoms with Crippen LogP contribution in [-0.4, -0.2) is 0 Å². The molecule has 0 N–H and O–H groups in total. The Kier molecular flexibility index (Phi) is 2.34. The molecule has 1 aromatic rings. The van der Waals surface area contributed by atoms with E-state index in [2.05, 4.69) is 19.9 Å². The molecule has 1 aliphatic rings. The predicted molar refractivity (Wildman–Crippen MR) is 57.0 cm³/mol. The second kappa shape index (κ2) is 3.38. The highest BCUT2D eigenvalue weighted by molar-refractivity contribution is 5.39. The van der Waals surface area contributed by atoms with E-state index in [9.17, 15) is 4.39 Å². The fourth-order valence-corrected chi connectivity index (χ4v) is 2.57. The molecule has 0 nitrogen and oxygen atoms in total. The summed E-state index contributed by atoms with van der Waals surface area (Å²) in [5, 5.41) is 0. The summed E-state index contributed by atoms with van der Waals surface area (Å²) >= 11 is 0. The Morgan fingerprint density at radius 3 is 2.71 bits per heavy atom. The zero-order valence-corrected chi connectivity index (χ0v) is 9.10.